The number of rotatable bonds is 6. The summed E-state index contributed by atoms with van der Waals surface area (Å²) in [5.74, 6) is 0.490. The predicted octanol–water partition coefficient (Wildman–Crippen LogP) is 2.27. The second-order valence-corrected chi connectivity index (χ2v) is 5.63. The Morgan fingerprint density at radius 2 is 1.89 bits per heavy atom. The van der Waals surface area contributed by atoms with Gasteiger partial charge in [0, 0.05) is 6.42 Å². The second-order valence-electron chi connectivity index (χ2n) is 5.63. The summed E-state index contributed by atoms with van der Waals surface area (Å²) in [6, 6.07) is -0.496. The molecular weight excluding hydrogens is 230 g/mol. The van der Waals surface area contributed by atoms with Crippen molar-refractivity contribution in [3.05, 3.63) is 0 Å². The molecule has 0 spiro atoms. The molecule has 1 unspecified atom stereocenters. The molecule has 0 bridgehead atoms. The predicted molar refractivity (Wildman–Crippen MR) is 70.0 cm³/mol. The van der Waals surface area contributed by atoms with Crippen molar-refractivity contribution in [2.75, 3.05) is 7.11 Å². The van der Waals surface area contributed by atoms with Crippen LogP contribution in [-0.2, 0) is 14.3 Å². The smallest absolute Gasteiger partial charge is 0.328 e. The highest BCUT2D eigenvalue weighted by molar-refractivity contribution is 5.84. The first-order valence-corrected chi connectivity index (χ1v) is 6.90. The van der Waals surface area contributed by atoms with E-state index in [1.807, 2.05) is 13.8 Å². The Hall–Kier alpha value is -1.06. The summed E-state index contributed by atoms with van der Waals surface area (Å²) in [7, 11) is 1.36. The van der Waals surface area contributed by atoms with Gasteiger partial charge >= 0.3 is 5.97 Å². The molecule has 0 heterocycles. The van der Waals surface area contributed by atoms with Crippen LogP contribution in [0.15, 0.2) is 0 Å². The second kappa shape index (κ2) is 7.39. The first-order valence-electron chi connectivity index (χ1n) is 6.90. The molecule has 1 amide bonds. The standard InChI is InChI=1S/C14H25NO3/c1-10(2)8-12(14(17)18-3)15-13(16)9-11-6-4-5-7-11/h10-12H,4-9H2,1-3H3,(H,15,16). The van der Waals surface area contributed by atoms with Crippen LogP contribution in [0, 0.1) is 11.8 Å². The fourth-order valence-electron chi connectivity index (χ4n) is 2.56. The highest BCUT2D eigenvalue weighted by Crippen LogP contribution is 2.27. The van der Waals surface area contributed by atoms with Gasteiger partial charge < -0.3 is 10.1 Å². The third-order valence-corrected chi connectivity index (χ3v) is 3.48. The molecule has 0 radical (unpaired) electrons. The minimum Gasteiger partial charge on any atom is -0.467 e. The van der Waals surface area contributed by atoms with Gasteiger partial charge in [-0.2, -0.15) is 0 Å². The van der Waals surface area contributed by atoms with Crippen molar-refractivity contribution in [2.24, 2.45) is 11.8 Å². The van der Waals surface area contributed by atoms with Crippen LogP contribution in [0.25, 0.3) is 0 Å². The normalized spacial score (nSPS) is 17.8. The lowest BCUT2D eigenvalue weighted by Crippen LogP contribution is -2.42. The van der Waals surface area contributed by atoms with E-state index in [1.54, 1.807) is 0 Å². The van der Waals surface area contributed by atoms with Crippen molar-refractivity contribution < 1.29 is 14.3 Å². The van der Waals surface area contributed by atoms with Crippen LogP contribution in [0.1, 0.15) is 52.4 Å². The van der Waals surface area contributed by atoms with Gasteiger partial charge in [-0.15, -0.1) is 0 Å². The van der Waals surface area contributed by atoms with Gasteiger partial charge in [-0.3, -0.25) is 4.79 Å². The number of amides is 1. The first kappa shape index (κ1) is 15.0. The third kappa shape index (κ3) is 5.07. The van der Waals surface area contributed by atoms with Crippen molar-refractivity contribution in [3.63, 3.8) is 0 Å². The van der Waals surface area contributed by atoms with Gasteiger partial charge in [0.25, 0.3) is 0 Å². The van der Waals surface area contributed by atoms with Gasteiger partial charge in [0.2, 0.25) is 5.91 Å². The van der Waals surface area contributed by atoms with Crippen molar-refractivity contribution in [3.8, 4) is 0 Å². The van der Waals surface area contributed by atoms with Crippen LogP contribution < -0.4 is 5.32 Å². The number of hydrogen-bond acceptors (Lipinski definition) is 3. The molecular formula is C14H25NO3. The van der Waals surface area contributed by atoms with E-state index in [1.165, 1.54) is 20.0 Å². The van der Waals surface area contributed by atoms with Crippen LogP contribution in [0.5, 0.6) is 0 Å². The highest BCUT2D eigenvalue weighted by atomic mass is 16.5. The van der Waals surface area contributed by atoms with E-state index in [0.29, 0.717) is 24.7 Å². The van der Waals surface area contributed by atoms with Crippen LogP contribution in [0.3, 0.4) is 0 Å². The summed E-state index contributed by atoms with van der Waals surface area (Å²) in [6.45, 7) is 4.05. The molecule has 4 nitrogen and oxygen atoms in total. The van der Waals surface area contributed by atoms with E-state index in [4.69, 9.17) is 4.74 Å². The molecule has 4 heteroatoms. The zero-order chi connectivity index (χ0) is 13.5. The van der Waals surface area contributed by atoms with Gasteiger partial charge in [0.15, 0.2) is 0 Å². The average molecular weight is 255 g/mol. The van der Waals surface area contributed by atoms with E-state index in [-0.39, 0.29) is 11.9 Å². The highest BCUT2D eigenvalue weighted by Gasteiger charge is 2.24. The van der Waals surface area contributed by atoms with E-state index >= 15 is 0 Å². The number of carbonyl (C=O) groups is 2. The molecule has 104 valence electrons. The summed E-state index contributed by atoms with van der Waals surface area (Å²) in [6.07, 6.45) is 5.91. The van der Waals surface area contributed by atoms with Crippen LogP contribution in [0.4, 0.5) is 0 Å². The molecule has 1 saturated carbocycles. The maximum absolute atomic E-state index is 11.9. The lowest BCUT2D eigenvalue weighted by Gasteiger charge is -2.19. The van der Waals surface area contributed by atoms with Crippen molar-refractivity contribution >= 4 is 11.9 Å². The van der Waals surface area contributed by atoms with Crippen molar-refractivity contribution in [2.45, 2.75) is 58.4 Å². The Kier molecular flexibility index (Phi) is 6.16. The molecule has 1 fully saturated rings. The zero-order valence-electron chi connectivity index (χ0n) is 11.7. The van der Waals surface area contributed by atoms with Crippen LogP contribution >= 0.6 is 0 Å². The minimum atomic E-state index is -0.496. The number of esters is 1. The largest absolute Gasteiger partial charge is 0.467 e. The molecule has 0 aromatic heterocycles. The molecule has 0 aliphatic heterocycles. The van der Waals surface area contributed by atoms with E-state index in [2.05, 4.69) is 5.32 Å². The van der Waals surface area contributed by atoms with Gasteiger partial charge in [-0.25, -0.2) is 4.79 Å². The summed E-state index contributed by atoms with van der Waals surface area (Å²) in [5, 5.41) is 2.81. The fraction of sp³-hybridized carbons (Fsp3) is 0.857. The van der Waals surface area contributed by atoms with Gasteiger partial charge in [0.05, 0.1) is 7.11 Å². The molecule has 1 aliphatic rings. The zero-order valence-corrected chi connectivity index (χ0v) is 11.7. The molecule has 0 aromatic carbocycles. The van der Waals surface area contributed by atoms with Crippen molar-refractivity contribution in [1.82, 2.24) is 5.32 Å². The molecule has 1 rings (SSSR count). The number of ether oxygens (including phenoxy) is 1. The monoisotopic (exact) mass is 255 g/mol. The minimum absolute atomic E-state index is 0.0158. The number of nitrogens with one attached hydrogen (secondary N) is 1. The molecule has 1 atom stereocenters. The Labute approximate surface area is 109 Å². The fourth-order valence-corrected chi connectivity index (χ4v) is 2.56. The van der Waals surface area contributed by atoms with Crippen LogP contribution in [-0.4, -0.2) is 25.0 Å². The summed E-state index contributed by atoms with van der Waals surface area (Å²) >= 11 is 0. The number of carbonyl (C=O) groups excluding carboxylic acids is 2. The van der Waals surface area contributed by atoms with Crippen molar-refractivity contribution in [1.29, 1.82) is 0 Å². The lowest BCUT2D eigenvalue weighted by molar-refractivity contribution is -0.145. The molecule has 1 N–H and O–H groups in total. The van der Waals surface area contributed by atoms with Gasteiger partial charge in [-0.05, 0) is 31.1 Å². The maximum Gasteiger partial charge on any atom is 0.328 e. The average Bonchev–Trinajstić information content (AvgIpc) is 2.79. The SMILES string of the molecule is COC(=O)C(CC(C)C)NC(=O)CC1CCCC1. The Balaban J connectivity index is 2.42. The molecule has 1 aliphatic carbocycles. The summed E-state index contributed by atoms with van der Waals surface area (Å²) < 4.78 is 4.73. The van der Waals surface area contributed by atoms with Gasteiger partial charge in [-0.1, -0.05) is 26.7 Å². The summed E-state index contributed by atoms with van der Waals surface area (Å²) in [5.41, 5.74) is 0. The first-order chi connectivity index (χ1) is 8.52. The number of methoxy groups -OCH3 is 1. The quantitative estimate of drug-likeness (QED) is 0.741. The van der Waals surface area contributed by atoms with E-state index in [0.717, 1.165) is 12.8 Å². The molecule has 18 heavy (non-hydrogen) atoms. The Morgan fingerprint density at radius 3 is 2.39 bits per heavy atom. The Morgan fingerprint density at radius 1 is 1.28 bits per heavy atom. The van der Waals surface area contributed by atoms with E-state index in [9.17, 15) is 9.59 Å². The van der Waals surface area contributed by atoms with E-state index < -0.39 is 6.04 Å². The van der Waals surface area contributed by atoms with Crippen LogP contribution in [0.2, 0.25) is 0 Å². The topological polar surface area (TPSA) is 55.4 Å². The number of hydrogen-bond donors (Lipinski definition) is 1. The third-order valence-electron chi connectivity index (χ3n) is 3.48. The van der Waals surface area contributed by atoms with Gasteiger partial charge in [0.1, 0.15) is 6.04 Å². The molecule has 0 aromatic rings. The molecule has 0 saturated heterocycles. The summed E-state index contributed by atoms with van der Waals surface area (Å²) in [4.78, 5) is 23.5. The Bertz CT molecular complexity index is 283. The lowest BCUT2D eigenvalue weighted by atomic mass is 10.0. The maximum atomic E-state index is 11.9.